The van der Waals surface area contributed by atoms with E-state index in [1.54, 1.807) is 6.92 Å². The topological polar surface area (TPSA) is 62.1 Å². The van der Waals surface area contributed by atoms with Gasteiger partial charge in [0.25, 0.3) is 11.8 Å². The van der Waals surface area contributed by atoms with Gasteiger partial charge in [0.2, 0.25) is 0 Å². The number of amides is 2. The molecule has 0 unspecified atom stereocenters. The van der Waals surface area contributed by atoms with Crippen LogP contribution in [-0.2, 0) is 9.59 Å². The molecular weight excluding hydrogens is 190 g/mol. The van der Waals surface area contributed by atoms with Crippen LogP contribution in [0.25, 0.3) is 0 Å². The van der Waals surface area contributed by atoms with Crippen molar-refractivity contribution in [3.8, 4) is 0 Å². The van der Waals surface area contributed by atoms with E-state index in [0.29, 0.717) is 17.3 Å². The van der Waals surface area contributed by atoms with Crippen LogP contribution in [0.3, 0.4) is 0 Å². The van der Waals surface area contributed by atoms with Crippen LogP contribution in [-0.4, -0.2) is 33.5 Å². The van der Waals surface area contributed by atoms with Crippen molar-refractivity contribution in [2.75, 3.05) is 5.75 Å². The Morgan fingerprint density at radius 3 is 2.69 bits per heavy atom. The second kappa shape index (κ2) is 2.95. The summed E-state index contributed by atoms with van der Waals surface area (Å²) in [5.74, 6) is -0.000711. The Bertz CT molecular complexity index is 348. The van der Waals surface area contributed by atoms with E-state index >= 15 is 0 Å². The Balaban J connectivity index is 2.22. The van der Waals surface area contributed by atoms with Crippen molar-refractivity contribution in [2.45, 2.75) is 13.3 Å². The van der Waals surface area contributed by atoms with Crippen LogP contribution in [0.1, 0.15) is 13.3 Å². The molecule has 0 aromatic rings. The van der Waals surface area contributed by atoms with E-state index in [4.69, 9.17) is 0 Å². The van der Waals surface area contributed by atoms with Crippen LogP contribution < -0.4 is 0 Å². The highest BCUT2D eigenvalue weighted by Gasteiger charge is 2.29. The molecule has 0 N–H and O–H groups in total. The van der Waals surface area contributed by atoms with Crippen molar-refractivity contribution in [1.29, 1.82) is 0 Å². The molecule has 2 aliphatic rings. The Morgan fingerprint density at radius 2 is 2.23 bits per heavy atom. The zero-order valence-electron chi connectivity index (χ0n) is 6.98. The lowest BCUT2D eigenvalue weighted by Gasteiger charge is -2.08. The molecule has 13 heavy (non-hydrogen) atoms. The molecule has 0 saturated carbocycles. The first-order valence-corrected chi connectivity index (χ1v) is 4.77. The maximum atomic E-state index is 11.3. The van der Waals surface area contributed by atoms with Crippen LogP contribution in [0.4, 0.5) is 0 Å². The Labute approximate surface area is 78.9 Å². The molecule has 2 heterocycles. The molecule has 6 heteroatoms. The molecule has 2 rings (SSSR count). The molecule has 2 amide bonds. The molecule has 2 aliphatic heterocycles. The molecule has 0 bridgehead atoms. The largest absolute Gasteiger partial charge is 0.272 e. The van der Waals surface area contributed by atoms with Crippen molar-refractivity contribution in [3.05, 3.63) is 0 Å². The SMILES string of the molecule is CC1=NN(C2=NC(=O)CS2)C(=O)C1. The summed E-state index contributed by atoms with van der Waals surface area (Å²) in [7, 11) is 0. The normalized spacial score (nSPS) is 22.4. The predicted molar refractivity (Wildman–Crippen MR) is 49.5 cm³/mol. The molecule has 68 valence electrons. The molecule has 0 aromatic carbocycles. The van der Waals surface area contributed by atoms with Crippen LogP contribution >= 0.6 is 11.8 Å². The van der Waals surface area contributed by atoms with Gasteiger partial charge in [-0.3, -0.25) is 9.59 Å². The van der Waals surface area contributed by atoms with Gasteiger partial charge >= 0.3 is 0 Å². The van der Waals surface area contributed by atoms with E-state index in [9.17, 15) is 9.59 Å². The molecule has 0 saturated heterocycles. The summed E-state index contributed by atoms with van der Waals surface area (Å²) >= 11 is 1.25. The van der Waals surface area contributed by atoms with Crippen molar-refractivity contribution < 1.29 is 9.59 Å². The highest BCUT2D eigenvalue weighted by atomic mass is 32.2. The number of thioether (sulfide) groups is 1. The number of carbonyl (C=O) groups is 2. The maximum absolute atomic E-state index is 11.3. The van der Waals surface area contributed by atoms with Crippen LogP contribution in [0.2, 0.25) is 0 Å². The van der Waals surface area contributed by atoms with Crippen LogP contribution in [0, 0.1) is 0 Å². The highest BCUT2D eigenvalue weighted by molar-refractivity contribution is 8.14. The van der Waals surface area contributed by atoms with Gasteiger partial charge in [0.1, 0.15) is 0 Å². The van der Waals surface area contributed by atoms with Crippen molar-refractivity contribution >= 4 is 34.5 Å². The highest BCUT2D eigenvalue weighted by Crippen LogP contribution is 2.20. The molecular formula is C7H7N3O2S. The zero-order valence-corrected chi connectivity index (χ0v) is 7.80. The summed E-state index contributed by atoms with van der Waals surface area (Å²) in [6.07, 6.45) is 0.327. The van der Waals surface area contributed by atoms with Crippen LogP contribution in [0.5, 0.6) is 0 Å². The Kier molecular flexibility index (Phi) is 1.91. The first-order valence-electron chi connectivity index (χ1n) is 3.78. The number of rotatable bonds is 0. The minimum Gasteiger partial charge on any atom is -0.272 e. The van der Waals surface area contributed by atoms with Gasteiger partial charge in [-0.1, -0.05) is 11.8 Å². The zero-order chi connectivity index (χ0) is 9.42. The van der Waals surface area contributed by atoms with Gasteiger partial charge in [0.05, 0.1) is 12.2 Å². The first kappa shape index (κ1) is 8.43. The Morgan fingerprint density at radius 1 is 1.46 bits per heavy atom. The van der Waals surface area contributed by atoms with Gasteiger partial charge in [-0.2, -0.15) is 15.1 Å². The van der Waals surface area contributed by atoms with Gasteiger partial charge in [-0.25, -0.2) is 0 Å². The maximum Gasteiger partial charge on any atom is 0.258 e. The average molecular weight is 197 g/mol. The quantitative estimate of drug-likeness (QED) is 0.558. The summed E-state index contributed by atoms with van der Waals surface area (Å²) in [4.78, 5) is 25.8. The van der Waals surface area contributed by atoms with E-state index in [1.165, 1.54) is 16.8 Å². The minimum absolute atomic E-state index is 0.113. The van der Waals surface area contributed by atoms with Gasteiger partial charge in [0, 0.05) is 5.71 Å². The van der Waals surface area contributed by atoms with Crippen molar-refractivity contribution in [3.63, 3.8) is 0 Å². The van der Waals surface area contributed by atoms with Crippen molar-refractivity contribution in [1.82, 2.24) is 5.01 Å². The number of nitrogens with zero attached hydrogens (tertiary/aromatic N) is 3. The lowest BCUT2D eigenvalue weighted by molar-refractivity contribution is -0.124. The molecule has 0 aromatic heterocycles. The Hall–Kier alpha value is -1.17. The monoisotopic (exact) mass is 197 g/mol. The first-order chi connectivity index (χ1) is 6.16. The predicted octanol–water partition coefficient (Wildman–Crippen LogP) is 0.224. The van der Waals surface area contributed by atoms with E-state index in [2.05, 4.69) is 10.1 Å². The molecule has 5 nitrogen and oxygen atoms in total. The van der Waals surface area contributed by atoms with E-state index in [0.717, 1.165) is 5.71 Å². The summed E-state index contributed by atoms with van der Waals surface area (Å²) < 4.78 is 0. The molecule has 0 atom stereocenters. The average Bonchev–Trinajstić information content (AvgIpc) is 2.58. The van der Waals surface area contributed by atoms with Gasteiger partial charge in [-0.05, 0) is 6.92 Å². The van der Waals surface area contributed by atoms with E-state index in [1.807, 2.05) is 0 Å². The standard InChI is InChI=1S/C7H7N3O2S/c1-4-2-6(12)10(9-4)7-8-5(11)3-13-7/h2-3H2,1H3. The third-order valence-corrected chi connectivity index (χ3v) is 2.55. The van der Waals surface area contributed by atoms with Gasteiger partial charge in [0.15, 0.2) is 5.17 Å². The van der Waals surface area contributed by atoms with Gasteiger partial charge in [-0.15, -0.1) is 0 Å². The lowest BCUT2D eigenvalue weighted by Crippen LogP contribution is -2.24. The summed E-state index contributed by atoms with van der Waals surface area (Å²) in [6.45, 7) is 1.78. The number of amidine groups is 1. The third-order valence-electron chi connectivity index (χ3n) is 1.64. The summed E-state index contributed by atoms with van der Waals surface area (Å²) in [6, 6.07) is 0. The molecule has 0 spiro atoms. The smallest absolute Gasteiger partial charge is 0.258 e. The number of hydrogen-bond donors (Lipinski definition) is 0. The number of hydrazone groups is 1. The second-order valence-electron chi connectivity index (χ2n) is 2.79. The fourth-order valence-electron chi connectivity index (χ4n) is 1.11. The van der Waals surface area contributed by atoms with E-state index in [-0.39, 0.29) is 11.8 Å². The van der Waals surface area contributed by atoms with Crippen LogP contribution in [0.15, 0.2) is 10.1 Å². The number of carbonyl (C=O) groups excluding carboxylic acids is 2. The second-order valence-corrected chi connectivity index (χ2v) is 3.74. The van der Waals surface area contributed by atoms with Gasteiger partial charge < -0.3 is 0 Å². The fourth-order valence-corrected chi connectivity index (χ4v) is 1.86. The van der Waals surface area contributed by atoms with E-state index < -0.39 is 0 Å². The van der Waals surface area contributed by atoms with Crippen molar-refractivity contribution in [2.24, 2.45) is 10.1 Å². The fraction of sp³-hybridized carbons (Fsp3) is 0.429. The summed E-state index contributed by atoms with van der Waals surface area (Å²) in [5, 5.41) is 5.60. The minimum atomic E-state index is -0.201. The molecule has 0 aliphatic carbocycles. The lowest BCUT2D eigenvalue weighted by atomic mass is 10.3. The molecule has 0 radical (unpaired) electrons. The molecule has 0 fully saturated rings. The third kappa shape index (κ3) is 1.49. The number of hydrogen-bond acceptors (Lipinski definition) is 4. The summed E-state index contributed by atoms with van der Waals surface area (Å²) in [5.41, 5.74) is 0.757. The number of aliphatic imine (C=N–C) groups is 1.